The summed E-state index contributed by atoms with van der Waals surface area (Å²) in [6, 6.07) is 6.45. The molecule has 5 heteroatoms. The lowest BCUT2D eigenvalue weighted by Gasteiger charge is -2.34. The van der Waals surface area contributed by atoms with Gasteiger partial charge in [-0.1, -0.05) is 32.4 Å². The highest BCUT2D eigenvalue weighted by Crippen LogP contribution is 2.33. The summed E-state index contributed by atoms with van der Waals surface area (Å²) < 4.78 is 13.3. The van der Waals surface area contributed by atoms with Crippen molar-refractivity contribution in [2.75, 3.05) is 13.1 Å². The van der Waals surface area contributed by atoms with E-state index in [4.69, 9.17) is 4.98 Å². The van der Waals surface area contributed by atoms with Crippen LogP contribution in [0.5, 0.6) is 0 Å². The van der Waals surface area contributed by atoms with Gasteiger partial charge in [0.05, 0.1) is 5.69 Å². The van der Waals surface area contributed by atoms with Crippen LogP contribution < -0.4 is 0 Å². The van der Waals surface area contributed by atoms with Crippen LogP contribution in [0.3, 0.4) is 0 Å². The van der Waals surface area contributed by atoms with Gasteiger partial charge in [0.2, 0.25) is 5.91 Å². The molecule has 0 saturated carbocycles. The third kappa shape index (κ3) is 4.71. The fourth-order valence-corrected chi connectivity index (χ4v) is 3.65. The van der Waals surface area contributed by atoms with Crippen molar-refractivity contribution in [3.63, 3.8) is 0 Å². The van der Waals surface area contributed by atoms with E-state index in [1.165, 1.54) is 12.1 Å². The van der Waals surface area contributed by atoms with Gasteiger partial charge in [0, 0.05) is 37.2 Å². The minimum Gasteiger partial charge on any atom is -0.342 e. The van der Waals surface area contributed by atoms with Crippen LogP contribution in [0.15, 0.2) is 30.5 Å². The normalized spacial score (nSPS) is 18.4. The summed E-state index contributed by atoms with van der Waals surface area (Å²) in [7, 11) is 0. The van der Waals surface area contributed by atoms with Crippen LogP contribution in [0.1, 0.15) is 57.0 Å². The number of piperidine rings is 1. The third-order valence-corrected chi connectivity index (χ3v) is 5.47. The summed E-state index contributed by atoms with van der Waals surface area (Å²) in [4.78, 5) is 23.7. The number of nitrogens with zero attached hydrogens (tertiary/aromatic N) is 3. The van der Waals surface area contributed by atoms with Crippen molar-refractivity contribution in [2.24, 2.45) is 5.92 Å². The van der Waals surface area contributed by atoms with Gasteiger partial charge >= 0.3 is 0 Å². The molecule has 0 spiro atoms. The van der Waals surface area contributed by atoms with Crippen molar-refractivity contribution in [3.05, 3.63) is 47.8 Å². The SMILES string of the molecule is CC[C@@H](C)CC(=O)N1CCC[C@@H](c2nc(C)ncc2-c2ccc(F)cc2)C1. The number of aryl methyl sites for hydroxylation is 1. The summed E-state index contributed by atoms with van der Waals surface area (Å²) in [6.45, 7) is 7.64. The van der Waals surface area contributed by atoms with Gasteiger partial charge in [-0.05, 0) is 43.4 Å². The Hall–Kier alpha value is -2.30. The number of amides is 1. The Bertz CT molecular complexity index is 791. The molecule has 144 valence electrons. The van der Waals surface area contributed by atoms with Gasteiger partial charge in [0.1, 0.15) is 11.6 Å². The first kappa shape index (κ1) is 19.5. The number of halogens is 1. The molecule has 2 aromatic rings. The third-order valence-electron chi connectivity index (χ3n) is 5.47. The minimum atomic E-state index is -0.257. The first-order valence-corrected chi connectivity index (χ1v) is 9.85. The Balaban J connectivity index is 1.85. The zero-order valence-corrected chi connectivity index (χ0v) is 16.4. The number of benzene rings is 1. The summed E-state index contributed by atoms with van der Waals surface area (Å²) in [5, 5.41) is 0. The largest absolute Gasteiger partial charge is 0.342 e. The zero-order chi connectivity index (χ0) is 19.4. The molecule has 3 rings (SSSR count). The maximum absolute atomic E-state index is 13.3. The Labute approximate surface area is 160 Å². The van der Waals surface area contributed by atoms with Crippen LogP contribution in [-0.2, 0) is 4.79 Å². The molecule has 1 saturated heterocycles. The molecule has 0 N–H and O–H groups in total. The number of likely N-dealkylation sites (tertiary alicyclic amines) is 1. The van der Waals surface area contributed by atoms with E-state index in [0.717, 1.165) is 48.5 Å². The lowest BCUT2D eigenvalue weighted by atomic mass is 9.89. The lowest BCUT2D eigenvalue weighted by Crippen LogP contribution is -2.40. The number of hydrogen-bond donors (Lipinski definition) is 0. The second-order valence-corrected chi connectivity index (χ2v) is 7.62. The summed E-state index contributed by atoms with van der Waals surface area (Å²) >= 11 is 0. The maximum atomic E-state index is 13.3. The molecule has 1 aromatic heterocycles. The van der Waals surface area contributed by atoms with Gasteiger partial charge in [-0.15, -0.1) is 0 Å². The van der Waals surface area contributed by atoms with Crippen LogP contribution in [0.2, 0.25) is 0 Å². The molecule has 1 amide bonds. The van der Waals surface area contributed by atoms with E-state index in [0.29, 0.717) is 18.9 Å². The molecule has 1 aliphatic heterocycles. The van der Waals surface area contributed by atoms with Crippen molar-refractivity contribution in [3.8, 4) is 11.1 Å². The van der Waals surface area contributed by atoms with E-state index >= 15 is 0 Å². The van der Waals surface area contributed by atoms with Crippen molar-refractivity contribution in [2.45, 2.75) is 52.4 Å². The Kier molecular flexibility index (Phi) is 6.19. The highest BCUT2D eigenvalue weighted by Gasteiger charge is 2.28. The monoisotopic (exact) mass is 369 g/mol. The van der Waals surface area contributed by atoms with Crippen LogP contribution in [0, 0.1) is 18.7 Å². The Morgan fingerprint density at radius 3 is 2.78 bits per heavy atom. The fraction of sp³-hybridized carbons (Fsp3) is 0.500. The first-order chi connectivity index (χ1) is 13.0. The van der Waals surface area contributed by atoms with E-state index in [-0.39, 0.29) is 17.6 Å². The van der Waals surface area contributed by atoms with Crippen molar-refractivity contribution in [1.29, 1.82) is 0 Å². The van der Waals surface area contributed by atoms with Gasteiger partial charge in [-0.2, -0.15) is 0 Å². The highest BCUT2D eigenvalue weighted by atomic mass is 19.1. The van der Waals surface area contributed by atoms with Crippen LogP contribution >= 0.6 is 0 Å². The number of aromatic nitrogens is 2. The van der Waals surface area contributed by atoms with Crippen molar-refractivity contribution in [1.82, 2.24) is 14.9 Å². The highest BCUT2D eigenvalue weighted by molar-refractivity contribution is 5.76. The fourth-order valence-electron chi connectivity index (χ4n) is 3.65. The molecular weight excluding hydrogens is 341 g/mol. The number of carbonyl (C=O) groups is 1. The topological polar surface area (TPSA) is 46.1 Å². The first-order valence-electron chi connectivity index (χ1n) is 9.85. The van der Waals surface area contributed by atoms with E-state index in [1.807, 2.05) is 18.0 Å². The molecule has 0 unspecified atom stereocenters. The summed E-state index contributed by atoms with van der Waals surface area (Å²) in [5.74, 6) is 1.30. The lowest BCUT2D eigenvalue weighted by molar-refractivity contribution is -0.133. The van der Waals surface area contributed by atoms with Gasteiger partial charge < -0.3 is 4.90 Å². The molecule has 0 radical (unpaired) electrons. The van der Waals surface area contributed by atoms with Gasteiger partial charge in [-0.25, -0.2) is 14.4 Å². The number of carbonyl (C=O) groups excluding carboxylic acids is 1. The smallest absolute Gasteiger partial charge is 0.222 e. The van der Waals surface area contributed by atoms with Crippen LogP contribution in [0.4, 0.5) is 4.39 Å². The minimum absolute atomic E-state index is 0.182. The van der Waals surface area contributed by atoms with Gasteiger partial charge in [0.25, 0.3) is 0 Å². The quantitative estimate of drug-likeness (QED) is 0.765. The molecule has 1 aliphatic rings. The second-order valence-electron chi connectivity index (χ2n) is 7.62. The van der Waals surface area contributed by atoms with E-state index in [1.54, 1.807) is 12.1 Å². The van der Waals surface area contributed by atoms with Crippen molar-refractivity contribution >= 4 is 5.91 Å². The van der Waals surface area contributed by atoms with Gasteiger partial charge in [0.15, 0.2) is 0 Å². The maximum Gasteiger partial charge on any atom is 0.222 e. The zero-order valence-electron chi connectivity index (χ0n) is 16.4. The molecule has 4 nitrogen and oxygen atoms in total. The summed E-state index contributed by atoms with van der Waals surface area (Å²) in [6.07, 6.45) is 5.42. The number of hydrogen-bond acceptors (Lipinski definition) is 3. The van der Waals surface area contributed by atoms with E-state index in [2.05, 4.69) is 18.8 Å². The van der Waals surface area contributed by atoms with E-state index < -0.39 is 0 Å². The molecular formula is C22H28FN3O. The van der Waals surface area contributed by atoms with Crippen LogP contribution in [0.25, 0.3) is 11.1 Å². The van der Waals surface area contributed by atoms with E-state index in [9.17, 15) is 9.18 Å². The molecule has 27 heavy (non-hydrogen) atoms. The molecule has 0 aliphatic carbocycles. The van der Waals surface area contributed by atoms with Gasteiger partial charge in [-0.3, -0.25) is 4.79 Å². The van der Waals surface area contributed by atoms with Crippen LogP contribution in [-0.4, -0.2) is 33.9 Å². The predicted octanol–water partition coefficient (Wildman–Crippen LogP) is 4.73. The number of rotatable bonds is 5. The van der Waals surface area contributed by atoms with Crippen molar-refractivity contribution < 1.29 is 9.18 Å². The molecule has 1 fully saturated rings. The predicted molar refractivity (Wildman–Crippen MR) is 105 cm³/mol. The molecule has 2 atom stereocenters. The second kappa shape index (κ2) is 8.59. The Morgan fingerprint density at radius 2 is 2.07 bits per heavy atom. The molecule has 2 heterocycles. The average molecular weight is 369 g/mol. The molecule has 0 bridgehead atoms. The summed E-state index contributed by atoms with van der Waals surface area (Å²) in [5.41, 5.74) is 2.81. The Morgan fingerprint density at radius 1 is 1.33 bits per heavy atom. The standard InChI is InChI=1S/C22H28FN3O/c1-4-15(2)12-21(27)26-11-5-6-18(14-26)22-20(13-24-16(3)25-22)17-7-9-19(23)10-8-17/h7-10,13,15,18H,4-6,11-12,14H2,1-3H3/t15-,18-/m1/s1. The molecule has 1 aromatic carbocycles. The average Bonchev–Trinajstić information content (AvgIpc) is 2.68.